The highest BCUT2D eigenvalue weighted by Gasteiger charge is 2.14. The molecule has 2 aromatic rings. The fraction of sp³-hybridized carbons (Fsp3) is 0.357. The molecule has 0 spiro atoms. The van der Waals surface area contributed by atoms with Crippen molar-refractivity contribution < 1.29 is 0 Å². The number of benzene rings is 1. The van der Waals surface area contributed by atoms with Gasteiger partial charge in [-0.3, -0.25) is 0 Å². The van der Waals surface area contributed by atoms with Crippen molar-refractivity contribution in [3.63, 3.8) is 0 Å². The highest BCUT2D eigenvalue weighted by atomic mass is 15.0. The summed E-state index contributed by atoms with van der Waals surface area (Å²) in [5, 5.41) is 0. The van der Waals surface area contributed by atoms with E-state index in [2.05, 4.69) is 33.8 Å². The summed E-state index contributed by atoms with van der Waals surface area (Å²) in [7, 11) is 0. The molecule has 0 bridgehead atoms. The zero-order chi connectivity index (χ0) is 12.3. The molecule has 0 aliphatic heterocycles. The molecule has 0 aliphatic rings. The topological polar surface area (TPSA) is 43.8 Å². The molecule has 0 saturated carbocycles. The molecule has 0 unspecified atom stereocenters. The third-order valence-corrected chi connectivity index (χ3v) is 2.63. The lowest BCUT2D eigenvalue weighted by Gasteiger charge is -2.19. The van der Waals surface area contributed by atoms with Gasteiger partial charge in [0.2, 0.25) is 0 Å². The summed E-state index contributed by atoms with van der Waals surface area (Å²) in [5.74, 6) is 0. The SMILES string of the molecule is CC(C)(N)Cc1cncn1Cc1ccccc1. The van der Waals surface area contributed by atoms with Gasteiger partial charge in [0, 0.05) is 30.4 Å². The van der Waals surface area contributed by atoms with Crippen molar-refractivity contribution >= 4 is 0 Å². The third kappa shape index (κ3) is 3.43. The second kappa shape index (κ2) is 4.72. The zero-order valence-electron chi connectivity index (χ0n) is 10.4. The number of hydrogen-bond acceptors (Lipinski definition) is 2. The summed E-state index contributed by atoms with van der Waals surface area (Å²) in [5.41, 5.74) is 8.31. The van der Waals surface area contributed by atoms with Crippen LogP contribution in [-0.4, -0.2) is 15.1 Å². The molecule has 1 aromatic carbocycles. The van der Waals surface area contributed by atoms with Gasteiger partial charge in [0.05, 0.1) is 6.33 Å². The standard InChI is InChI=1S/C14H19N3/c1-14(2,15)8-13-9-16-11-17(13)10-12-6-4-3-5-7-12/h3-7,9,11H,8,10,15H2,1-2H3. The number of imidazole rings is 1. The molecule has 1 heterocycles. The van der Waals surface area contributed by atoms with Gasteiger partial charge in [-0.05, 0) is 19.4 Å². The van der Waals surface area contributed by atoms with Crippen LogP contribution in [0.1, 0.15) is 25.1 Å². The summed E-state index contributed by atoms with van der Waals surface area (Å²) in [6.45, 7) is 4.92. The van der Waals surface area contributed by atoms with E-state index in [1.165, 1.54) is 11.3 Å². The molecule has 1 aromatic heterocycles. The van der Waals surface area contributed by atoms with E-state index in [0.717, 1.165) is 13.0 Å². The fourth-order valence-electron chi connectivity index (χ4n) is 1.88. The molecule has 0 atom stereocenters. The van der Waals surface area contributed by atoms with Gasteiger partial charge >= 0.3 is 0 Å². The predicted octanol–water partition coefficient (Wildman–Crippen LogP) is 2.21. The van der Waals surface area contributed by atoms with Crippen LogP contribution < -0.4 is 5.73 Å². The van der Waals surface area contributed by atoms with Crippen LogP contribution in [0.3, 0.4) is 0 Å². The molecule has 0 radical (unpaired) electrons. The second-order valence-electron chi connectivity index (χ2n) is 5.16. The first-order valence-corrected chi connectivity index (χ1v) is 5.86. The zero-order valence-corrected chi connectivity index (χ0v) is 10.4. The highest BCUT2D eigenvalue weighted by Crippen LogP contribution is 2.11. The molecule has 2 rings (SSSR count). The first kappa shape index (κ1) is 11.9. The van der Waals surface area contributed by atoms with Gasteiger partial charge in [0.25, 0.3) is 0 Å². The Kier molecular flexibility index (Phi) is 3.29. The molecule has 3 heteroatoms. The average molecular weight is 229 g/mol. The lowest BCUT2D eigenvalue weighted by molar-refractivity contribution is 0.498. The molecule has 90 valence electrons. The Hall–Kier alpha value is -1.61. The first-order valence-electron chi connectivity index (χ1n) is 5.86. The van der Waals surface area contributed by atoms with E-state index in [1.54, 1.807) is 0 Å². The van der Waals surface area contributed by atoms with E-state index in [-0.39, 0.29) is 5.54 Å². The minimum atomic E-state index is -0.200. The number of aromatic nitrogens is 2. The van der Waals surface area contributed by atoms with Crippen LogP contribution in [0.5, 0.6) is 0 Å². The minimum absolute atomic E-state index is 0.200. The maximum absolute atomic E-state index is 6.05. The van der Waals surface area contributed by atoms with E-state index in [4.69, 9.17) is 5.73 Å². The Balaban J connectivity index is 2.15. The number of hydrogen-bond donors (Lipinski definition) is 1. The van der Waals surface area contributed by atoms with Crippen LogP contribution in [0.2, 0.25) is 0 Å². The number of nitrogens with zero attached hydrogens (tertiary/aromatic N) is 2. The predicted molar refractivity (Wildman–Crippen MR) is 69.7 cm³/mol. The largest absolute Gasteiger partial charge is 0.330 e. The molecular weight excluding hydrogens is 210 g/mol. The van der Waals surface area contributed by atoms with E-state index in [0.29, 0.717) is 0 Å². The quantitative estimate of drug-likeness (QED) is 0.873. The Labute approximate surface area is 102 Å². The van der Waals surface area contributed by atoms with Crippen LogP contribution in [0.15, 0.2) is 42.9 Å². The van der Waals surface area contributed by atoms with Gasteiger partial charge < -0.3 is 10.3 Å². The molecular formula is C14H19N3. The lowest BCUT2D eigenvalue weighted by Crippen LogP contribution is -2.35. The van der Waals surface area contributed by atoms with E-state index < -0.39 is 0 Å². The van der Waals surface area contributed by atoms with Crippen LogP contribution >= 0.6 is 0 Å². The van der Waals surface area contributed by atoms with E-state index in [1.807, 2.05) is 32.4 Å². The fourth-order valence-corrected chi connectivity index (χ4v) is 1.88. The van der Waals surface area contributed by atoms with Crippen LogP contribution in [0.4, 0.5) is 0 Å². The molecule has 0 amide bonds. The molecule has 0 saturated heterocycles. The van der Waals surface area contributed by atoms with Crippen molar-refractivity contribution in [2.75, 3.05) is 0 Å². The Morgan fingerprint density at radius 1 is 1.24 bits per heavy atom. The molecule has 2 N–H and O–H groups in total. The van der Waals surface area contributed by atoms with Crippen molar-refractivity contribution in [3.8, 4) is 0 Å². The summed E-state index contributed by atoms with van der Waals surface area (Å²) < 4.78 is 2.16. The van der Waals surface area contributed by atoms with Crippen molar-refractivity contribution in [1.82, 2.24) is 9.55 Å². The normalized spacial score (nSPS) is 11.7. The second-order valence-corrected chi connectivity index (χ2v) is 5.16. The van der Waals surface area contributed by atoms with Crippen molar-refractivity contribution in [1.29, 1.82) is 0 Å². The van der Waals surface area contributed by atoms with Gasteiger partial charge in [-0.25, -0.2) is 4.98 Å². The Morgan fingerprint density at radius 3 is 2.59 bits per heavy atom. The van der Waals surface area contributed by atoms with Crippen LogP contribution in [-0.2, 0) is 13.0 Å². The monoisotopic (exact) mass is 229 g/mol. The maximum Gasteiger partial charge on any atom is 0.0951 e. The Morgan fingerprint density at radius 2 is 1.94 bits per heavy atom. The minimum Gasteiger partial charge on any atom is -0.330 e. The van der Waals surface area contributed by atoms with Gasteiger partial charge in [-0.15, -0.1) is 0 Å². The molecule has 17 heavy (non-hydrogen) atoms. The van der Waals surface area contributed by atoms with Crippen LogP contribution in [0, 0.1) is 0 Å². The van der Waals surface area contributed by atoms with Gasteiger partial charge in [-0.1, -0.05) is 30.3 Å². The van der Waals surface area contributed by atoms with Crippen molar-refractivity contribution in [2.24, 2.45) is 5.73 Å². The lowest BCUT2D eigenvalue weighted by atomic mass is 10.0. The van der Waals surface area contributed by atoms with Gasteiger partial charge in [0.15, 0.2) is 0 Å². The van der Waals surface area contributed by atoms with Gasteiger partial charge in [-0.2, -0.15) is 0 Å². The summed E-state index contributed by atoms with van der Waals surface area (Å²) in [6, 6.07) is 10.4. The average Bonchev–Trinajstić information content (AvgIpc) is 2.65. The smallest absolute Gasteiger partial charge is 0.0951 e. The third-order valence-electron chi connectivity index (χ3n) is 2.63. The molecule has 3 nitrogen and oxygen atoms in total. The maximum atomic E-state index is 6.05. The summed E-state index contributed by atoms with van der Waals surface area (Å²) in [4.78, 5) is 4.21. The highest BCUT2D eigenvalue weighted by molar-refractivity contribution is 5.16. The van der Waals surface area contributed by atoms with Crippen molar-refractivity contribution in [3.05, 3.63) is 54.1 Å². The van der Waals surface area contributed by atoms with E-state index in [9.17, 15) is 0 Å². The van der Waals surface area contributed by atoms with Crippen LogP contribution in [0.25, 0.3) is 0 Å². The first-order chi connectivity index (χ1) is 8.04. The number of rotatable bonds is 4. The summed E-state index contributed by atoms with van der Waals surface area (Å²) >= 11 is 0. The number of nitrogens with two attached hydrogens (primary N) is 1. The molecule has 0 aliphatic carbocycles. The van der Waals surface area contributed by atoms with Gasteiger partial charge in [0.1, 0.15) is 0 Å². The summed E-state index contributed by atoms with van der Waals surface area (Å²) in [6.07, 6.45) is 4.60. The molecule has 0 fully saturated rings. The van der Waals surface area contributed by atoms with E-state index >= 15 is 0 Å². The van der Waals surface area contributed by atoms with Crippen molar-refractivity contribution in [2.45, 2.75) is 32.4 Å². The Bertz CT molecular complexity index is 466.